The largest absolute Gasteiger partial charge is 0.494 e. The van der Waals surface area contributed by atoms with Crippen LogP contribution in [0.1, 0.15) is 46.6 Å². The first-order chi connectivity index (χ1) is 7.39. The predicted octanol–water partition coefficient (Wildman–Crippen LogP) is 4.41. The number of hydrogen-bond donors (Lipinski definition) is 0. The molecule has 0 saturated heterocycles. The molecule has 90 valence electrons. The fourth-order valence-electron chi connectivity index (χ4n) is 1.46. The Morgan fingerprint density at radius 3 is 2.06 bits per heavy atom. The van der Waals surface area contributed by atoms with E-state index in [2.05, 4.69) is 58.9 Å². The van der Waals surface area contributed by atoms with E-state index >= 15 is 0 Å². The van der Waals surface area contributed by atoms with Gasteiger partial charge in [-0.25, -0.2) is 0 Å². The molecule has 1 rings (SSSR count). The van der Waals surface area contributed by atoms with Crippen molar-refractivity contribution in [1.82, 2.24) is 0 Å². The average molecular weight is 220 g/mol. The second-order valence-corrected chi connectivity index (χ2v) is 5.81. The predicted molar refractivity (Wildman–Crippen MR) is 70.1 cm³/mol. The Labute approximate surface area is 99.8 Å². The quantitative estimate of drug-likeness (QED) is 0.730. The second-order valence-electron chi connectivity index (χ2n) is 5.81. The molecule has 0 spiro atoms. The van der Waals surface area contributed by atoms with Gasteiger partial charge in [0.25, 0.3) is 0 Å². The molecule has 0 aliphatic rings. The molecule has 0 aromatic heterocycles. The molecule has 0 unspecified atom stereocenters. The normalized spacial score (nSPS) is 11.9. The maximum Gasteiger partial charge on any atom is 0.119 e. The van der Waals surface area contributed by atoms with Gasteiger partial charge in [0.15, 0.2) is 0 Å². The van der Waals surface area contributed by atoms with Gasteiger partial charge in [-0.3, -0.25) is 0 Å². The van der Waals surface area contributed by atoms with E-state index < -0.39 is 0 Å². The van der Waals surface area contributed by atoms with E-state index in [0.29, 0.717) is 5.92 Å². The summed E-state index contributed by atoms with van der Waals surface area (Å²) in [5, 5.41) is 0. The number of benzene rings is 1. The topological polar surface area (TPSA) is 9.23 Å². The van der Waals surface area contributed by atoms with Gasteiger partial charge < -0.3 is 4.74 Å². The van der Waals surface area contributed by atoms with Crippen molar-refractivity contribution in [2.75, 3.05) is 6.61 Å². The van der Waals surface area contributed by atoms with Crippen LogP contribution in [0.25, 0.3) is 0 Å². The van der Waals surface area contributed by atoms with Gasteiger partial charge in [0.1, 0.15) is 5.75 Å². The summed E-state index contributed by atoms with van der Waals surface area (Å²) in [7, 11) is 0. The van der Waals surface area contributed by atoms with Crippen molar-refractivity contribution in [3.63, 3.8) is 0 Å². The third kappa shape index (κ3) is 4.26. The van der Waals surface area contributed by atoms with E-state index in [1.807, 2.05) is 0 Å². The molecule has 0 atom stereocenters. The third-order valence-corrected chi connectivity index (χ3v) is 2.68. The molecule has 0 amide bonds. The minimum absolute atomic E-state index is 0.219. The van der Waals surface area contributed by atoms with Gasteiger partial charge in [0.05, 0.1) is 6.61 Å². The lowest BCUT2D eigenvalue weighted by molar-refractivity contribution is 0.289. The van der Waals surface area contributed by atoms with Crippen LogP contribution >= 0.6 is 0 Å². The van der Waals surface area contributed by atoms with Crippen LogP contribution < -0.4 is 4.74 Å². The summed E-state index contributed by atoms with van der Waals surface area (Å²) in [6, 6.07) is 8.46. The summed E-state index contributed by atoms with van der Waals surface area (Å²) in [6.07, 6.45) is 1.11. The van der Waals surface area contributed by atoms with Crippen molar-refractivity contribution in [2.45, 2.75) is 46.5 Å². The van der Waals surface area contributed by atoms with Crippen molar-refractivity contribution in [1.29, 1.82) is 0 Å². The fourth-order valence-corrected chi connectivity index (χ4v) is 1.46. The molecule has 0 aliphatic carbocycles. The standard InChI is InChI=1S/C15H24O/c1-12(2)10-11-16-14-8-6-13(7-9-14)15(3,4)5/h6-9,12H,10-11H2,1-5H3. The van der Waals surface area contributed by atoms with Crippen molar-refractivity contribution in [2.24, 2.45) is 5.92 Å². The zero-order valence-corrected chi connectivity index (χ0v) is 11.2. The van der Waals surface area contributed by atoms with Gasteiger partial charge in [-0.1, -0.05) is 46.8 Å². The maximum atomic E-state index is 5.68. The highest BCUT2D eigenvalue weighted by Crippen LogP contribution is 2.24. The molecule has 0 heterocycles. The molecule has 0 bridgehead atoms. The monoisotopic (exact) mass is 220 g/mol. The number of hydrogen-bond acceptors (Lipinski definition) is 1. The summed E-state index contributed by atoms with van der Waals surface area (Å²) in [6.45, 7) is 11.9. The van der Waals surface area contributed by atoms with Crippen molar-refractivity contribution in [3.05, 3.63) is 29.8 Å². The Hall–Kier alpha value is -0.980. The average Bonchev–Trinajstić information content (AvgIpc) is 2.16. The molecule has 1 heteroatoms. The molecule has 16 heavy (non-hydrogen) atoms. The summed E-state index contributed by atoms with van der Waals surface area (Å²) in [5.41, 5.74) is 1.57. The van der Waals surface area contributed by atoms with Gasteiger partial charge in [-0.2, -0.15) is 0 Å². The van der Waals surface area contributed by atoms with E-state index in [4.69, 9.17) is 4.74 Å². The van der Waals surface area contributed by atoms with Crippen LogP contribution in [-0.2, 0) is 5.41 Å². The minimum atomic E-state index is 0.219. The van der Waals surface area contributed by atoms with Gasteiger partial charge >= 0.3 is 0 Å². The first-order valence-electron chi connectivity index (χ1n) is 6.13. The van der Waals surface area contributed by atoms with E-state index in [0.717, 1.165) is 18.8 Å². The van der Waals surface area contributed by atoms with E-state index in [9.17, 15) is 0 Å². The van der Waals surface area contributed by atoms with Gasteiger partial charge in [0, 0.05) is 0 Å². The highest BCUT2D eigenvalue weighted by atomic mass is 16.5. The minimum Gasteiger partial charge on any atom is -0.494 e. The van der Waals surface area contributed by atoms with Crippen LogP contribution in [0.5, 0.6) is 5.75 Å². The van der Waals surface area contributed by atoms with Crippen molar-refractivity contribution < 1.29 is 4.74 Å². The Kier molecular flexibility index (Phi) is 4.40. The second kappa shape index (κ2) is 5.38. The summed E-state index contributed by atoms with van der Waals surface area (Å²) in [5.74, 6) is 1.68. The molecular formula is C15H24O. The molecular weight excluding hydrogens is 196 g/mol. The maximum absolute atomic E-state index is 5.68. The summed E-state index contributed by atoms with van der Waals surface area (Å²) >= 11 is 0. The highest BCUT2D eigenvalue weighted by Gasteiger charge is 2.12. The Morgan fingerprint density at radius 2 is 1.62 bits per heavy atom. The zero-order chi connectivity index (χ0) is 12.2. The number of ether oxygens (including phenoxy) is 1. The van der Waals surface area contributed by atoms with Crippen LogP contribution in [-0.4, -0.2) is 6.61 Å². The number of rotatable bonds is 4. The van der Waals surface area contributed by atoms with Crippen LogP contribution in [0.2, 0.25) is 0 Å². The lowest BCUT2D eigenvalue weighted by Crippen LogP contribution is -2.10. The Balaban J connectivity index is 2.52. The summed E-state index contributed by atoms with van der Waals surface area (Å²) < 4.78 is 5.68. The van der Waals surface area contributed by atoms with Crippen molar-refractivity contribution >= 4 is 0 Å². The van der Waals surface area contributed by atoms with Crippen LogP contribution in [0.15, 0.2) is 24.3 Å². The molecule has 1 nitrogen and oxygen atoms in total. The van der Waals surface area contributed by atoms with Crippen molar-refractivity contribution in [3.8, 4) is 5.75 Å². The fraction of sp³-hybridized carbons (Fsp3) is 0.600. The molecule has 1 aromatic rings. The van der Waals surface area contributed by atoms with E-state index in [1.54, 1.807) is 0 Å². The van der Waals surface area contributed by atoms with Gasteiger partial charge in [-0.15, -0.1) is 0 Å². The van der Waals surface area contributed by atoms with Gasteiger partial charge in [-0.05, 0) is 35.4 Å². The van der Waals surface area contributed by atoms with Crippen LogP contribution in [0.3, 0.4) is 0 Å². The van der Waals surface area contributed by atoms with Crippen LogP contribution in [0.4, 0.5) is 0 Å². The van der Waals surface area contributed by atoms with E-state index in [-0.39, 0.29) is 5.41 Å². The molecule has 0 fully saturated rings. The molecule has 0 saturated carbocycles. The molecule has 0 N–H and O–H groups in total. The molecule has 0 radical (unpaired) electrons. The third-order valence-electron chi connectivity index (χ3n) is 2.68. The van der Waals surface area contributed by atoms with E-state index in [1.165, 1.54) is 5.56 Å². The molecule has 0 aliphatic heterocycles. The smallest absolute Gasteiger partial charge is 0.119 e. The SMILES string of the molecule is CC(C)CCOc1ccc(C(C)(C)C)cc1. The first-order valence-corrected chi connectivity index (χ1v) is 6.13. The molecule has 1 aromatic carbocycles. The Morgan fingerprint density at radius 1 is 1.06 bits per heavy atom. The van der Waals surface area contributed by atoms with Gasteiger partial charge in [0.2, 0.25) is 0 Å². The highest BCUT2D eigenvalue weighted by molar-refractivity contribution is 5.31. The lowest BCUT2D eigenvalue weighted by Gasteiger charge is -2.19. The first kappa shape index (κ1) is 13.1. The van der Waals surface area contributed by atoms with Crippen LogP contribution in [0, 0.1) is 5.92 Å². The Bertz CT molecular complexity index is 303. The summed E-state index contributed by atoms with van der Waals surface area (Å²) in [4.78, 5) is 0. The zero-order valence-electron chi connectivity index (χ0n) is 11.2. The lowest BCUT2D eigenvalue weighted by atomic mass is 9.87.